The van der Waals surface area contributed by atoms with Gasteiger partial charge in [-0.2, -0.15) is 0 Å². The average Bonchev–Trinajstić information content (AvgIpc) is 2.36. The first-order valence-electron chi connectivity index (χ1n) is 6.01. The molecule has 0 atom stereocenters. The van der Waals surface area contributed by atoms with E-state index in [9.17, 15) is 0 Å². The van der Waals surface area contributed by atoms with Gasteiger partial charge in [-0.25, -0.2) is 9.97 Å². The summed E-state index contributed by atoms with van der Waals surface area (Å²) in [5, 5.41) is 3.79. The molecular weight excluding hydrogens is 244 g/mol. The van der Waals surface area contributed by atoms with E-state index in [0.29, 0.717) is 5.15 Å². The monoisotopic (exact) mass is 256 g/mol. The smallest absolute Gasteiger partial charge is 0.140 e. The van der Waals surface area contributed by atoms with E-state index in [1.54, 1.807) is 0 Å². The van der Waals surface area contributed by atoms with Crippen LogP contribution in [0.2, 0.25) is 5.15 Å². The van der Waals surface area contributed by atoms with Gasteiger partial charge in [0.1, 0.15) is 11.0 Å². The van der Waals surface area contributed by atoms with Crippen molar-refractivity contribution in [1.82, 2.24) is 9.97 Å². The van der Waals surface area contributed by atoms with Crippen LogP contribution in [0.3, 0.4) is 0 Å². The fourth-order valence-electron chi connectivity index (χ4n) is 2.05. The van der Waals surface area contributed by atoms with Crippen LogP contribution < -0.4 is 0 Å². The van der Waals surface area contributed by atoms with Crippen LogP contribution in [0.1, 0.15) is 25.6 Å². The summed E-state index contributed by atoms with van der Waals surface area (Å²) in [7, 11) is 0. The fourth-order valence-corrected chi connectivity index (χ4v) is 2.29. The molecular formula is C15H13ClN2. The number of rotatable bonds is 1. The second-order valence-electron chi connectivity index (χ2n) is 4.74. The zero-order valence-electron chi connectivity index (χ0n) is 10.3. The van der Waals surface area contributed by atoms with Crippen LogP contribution in [0.5, 0.6) is 0 Å². The zero-order chi connectivity index (χ0) is 12.7. The molecule has 0 spiro atoms. The van der Waals surface area contributed by atoms with E-state index in [-0.39, 0.29) is 5.92 Å². The summed E-state index contributed by atoms with van der Waals surface area (Å²) < 4.78 is 0. The average molecular weight is 257 g/mol. The Morgan fingerprint density at radius 2 is 1.67 bits per heavy atom. The molecule has 0 radical (unpaired) electrons. The summed E-state index contributed by atoms with van der Waals surface area (Å²) in [5.74, 6) is 1.07. The van der Waals surface area contributed by atoms with Gasteiger partial charge in [-0.15, -0.1) is 0 Å². The second-order valence-corrected chi connectivity index (χ2v) is 5.10. The van der Waals surface area contributed by atoms with Crippen molar-refractivity contribution in [1.29, 1.82) is 0 Å². The first-order chi connectivity index (χ1) is 8.65. The molecule has 0 aliphatic carbocycles. The maximum Gasteiger partial charge on any atom is 0.140 e. The van der Waals surface area contributed by atoms with Gasteiger partial charge in [0.2, 0.25) is 0 Å². The van der Waals surface area contributed by atoms with Crippen molar-refractivity contribution < 1.29 is 0 Å². The minimum Gasteiger partial charge on any atom is -0.232 e. The summed E-state index contributed by atoms with van der Waals surface area (Å²) >= 11 is 6.26. The van der Waals surface area contributed by atoms with Crippen molar-refractivity contribution in [2.24, 2.45) is 0 Å². The lowest BCUT2D eigenvalue weighted by molar-refractivity contribution is 0.783. The van der Waals surface area contributed by atoms with Gasteiger partial charge in [0.15, 0.2) is 0 Å². The molecule has 0 unspecified atom stereocenters. The van der Waals surface area contributed by atoms with Crippen molar-refractivity contribution in [3.8, 4) is 0 Å². The highest BCUT2D eigenvalue weighted by molar-refractivity contribution is 6.34. The molecule has 0 aliphatic heterocycles. The van der Waals surface area contributed by atoms with E-state index in [1.165, 1.54) is 5.39 Å². The Labute approximate surface area is 111 Å². The summed E-state index contributed by atoms with van der Waals surface area (Å²) in [4.78, 5) is 8.95. The van der Waals surface area contributed by atoms with Crippen LogP contribution in [0, 0.1) is 0 Å². The molecule has 0 saturated heterocycles. The Morgan fingerprint density at radius 3 is 2.33 bits per heavy atom. The van der Waals surface area contributed by atoms with Gasteiger partial charge in [-0.3, -0.25) is 0 Å². The number of aromatic nitrogens is 2. The predicted octanol–water partition coefficient (Wildman–Crippen LogP) is 4.56. The quantitative estimate of drug-likeness (QED) is 0.471. The van der Waals surface area contributed by atoms with Gasteiger partial charge in [0.25, 0.3) is 0 Å². The molecule has 3 rings (SSSR count). The Hall–Kier alpha value is -1.67. The van der Waals surface area contributed by atoms with Gasteiger partial charge in [0.05, 0.1) is 5.52 Å². The van der Waals surface area contributed by atoms with E-state index in [2.05, 4.69) is 48.1 Å². The molecule has 1 heterocycles. The summed E-state index contributed by atoms with van der Waals surface area (Å²) in [6.45, 7) is 4.14. The molecule has 0 amide bonds. The minimum atomic E-state index is 0.276. The second kappa shape index (κ2) is 4.21. The van der Waals surface area contributed by atoms with Gasteiger partial charge in [0, 0.05) is 11.3 Å². The highest BCUT2D eigenvalue weighted by Crippen LogP contribution is 2.27. The summed E-state index contributed by atoms with van der Waals surface area (Å²) in [5.41, 5.74) is 0.914. The Morgan fingerprint density at radius 1 is 1.00 bits per heavy atom. The molecule has 3 aromatic rings. The lowest BCUT2D eigenvalue weighted by atomic mass is 10.1. The van der Waals surface area contributed by atoms with E-state index < -0.39 is 0 Å². The predicted molar refractivity (Wildman–Crippen MR) is 76.1 cm³/mol. The lowest BCUT2D eigenvalue weighted by Gasteiger charge is -2.08. The molecule has 0 bridgehead atoms. The Bertz CT molecular complexity index is 735. The van der Waals surface area contributed by atoms with E-state index >= 15 is 0 Å². The van der Waals surface area contributed by atoms with Gasteiger partial charge in [-0.05, 0) is 22.9 Å². The largest absolute Gasteiger partial charge is 0.232 e. The van der Waals surface area contributed by atoms with Crippen LogP contribution in [0.25, 0.3) is 21.7 Å². The van der Waals surface area contributed by atoms with Crippen molar-refractivity contribution >= 4 is 33.3 Å². The first kappa shape index (κ1) is 11.4. The van der Waals surface area contributed by atoms with Crippen LogP contribution in [-0.4, -0.2) is 9.97 Å². The molecule has 2 aromatic carbocycles. The molecule has 0 saturated carbocycles. The van der Waals surface area contributed by atoms with Crippen molar-refractivity contribution in [3.63, 3.8) is 0 Å². The van der Waals surface area contributed by atoms with Crippen LogP contribution in [0.15, 0.2) is 36.4 Å². The SMILES string of the molecule is CC(C)c1nc(Cl)c2cc3ccccc3cc2n1. The number of hydrogen-bond donors (Lipinski definition) is 0. The van der Waals surface area contributed by atoms with Crippen molar-refractivity contribution in [2.75, 3.05) is 0 Å². The highest BCUT2D eigenvalue weighted by atomic mass is 35.5. The standard InChI is InChI=1S/C15H13ClN2/c1-9(2)15-17-13-8-11-6-4-3-5-10(11)7-12(13)14(16)18-15/h3-9H,1-2H3. The number of nitrogens with zero attached hydrogens (tertiary/aromatic N) is 2. The lowest BCUT2D eigenvalue weighted by Crippen LogP contribution is -1.98. The van der Waals surface area contributed by atoms with Gasteiger partial charge in [-0.1, -0.05) is 49.7 Å². The Kier molecular flexibility index (Phi) is 2.67. The highest BCUT2D eigenvalue weighted by Gasteiger charge is 2.09. The van der Waals surface area contributed by atoms with Gasteiger partial charge >= 0.3 is 0 Å². The number of fused-ring (bicyclic) bond motifs is 2. The third-order valence-electron chi connectivity index (χ3n) is 3.05. The van der Waals surface area contributed by atoms with Crippen LogP contribution >= 0.6 is 11.6 Å². The van der Waals surface area contributed by atoms with E-state index in [1.807, 2.05) is 12.1 Å². The summed E-state index contributed by atoms with van der Waals surface area (Å²) in [6.07, 6.45) is 0. The third-order valence-corrected chi connectivity index (χ3v) is 3.34. The van der Waals surface area contributed by atoms with Crippen LogP contribution in [0.4, 0.5) is 0 Å². The third kappa shape index (κ3) is 1.83. The fraction of sp³-hybridized carbons (Fsp3) is 0.200. The molecule has 90 valence electrons. The number of halogens is 1. The molecule has 1 aromatic heterocycles. The topological polar surface area (TPSA) is 25.8 Å². The summed E-state index contributed by atoms with van der Waals surface area (Å²) in [6, 6.07) is 12.3. The molecule has 0 N–H and O–H groups in total. The maximum atomic E-state index is 6.26. The zero-order valence-corrected chi connectivity index (χ0v) is 11.1. The van der Waals surface area contributed by atoms with E-state index in [4.69, 9.17) is 11.6 Å². The molecule has 0 fully saturated rings. The number of hydrogen-bond acceptors (Lipinski definition) is 2. The molecule has 18 heavy (non-hydrogen) atoms. The molecule has 3 heteroatoms. The van der Waals surface area contributed by atoms with Crippen molar-refractivity contribution in [2.45, 2.75) is 19.8 Å². The normalized spacial score (nSPS) is 11.6. The first-order valence-corrected chi connectivity index (χ1v) is 6.39. The van der Waals surface area contributed by atoms with Gasteiger partial charge < -0.3 is 0 Å². The maximum absolute atomic E-state index is 6.26. The molecule has 2 nitrogen and oxygen atoms in total. The number of benzene rings is 2. The minimum absolute atomic E-state index is 0.276. The van der Waals surface area contributed by atoms with Crippen LogP contribution in [-0.2, 0) is 0 Å². The Balaban J connectivity index is 2.39. The van der Waals surface area contributed by atoms with Crippen molar-refractivity contribution in [3.05, 3.63) is 47.4 Å². The van der Waals surface area contributed by atoms with E-state index in [0.717, 1.165) is 22.1 Å². The molecule has 0 aliphatic rings.